The quantitative estimate of drug-likeness (QED) is 0.478. The first-order valence-corrected chi connectivity index (χ1v) is 7.52. The van der Waals surface area contributed by atoms with Crippen LogP contribution in [-0.4, -0.2) is 10.1 Å². The molecule has 0 amide bonds. The molecule has 0 aliphatic rings. The highest BCUT2D eigenvalue weighted by Crippen LogP contribution is 2.40. The van der Waals surface area contributed by atoms with Crippen LogP contribution in [0.2, 0.25) is 0 Å². The van der Waals surface area contributed by atoms with Gasteiger partial charge >= 0.3 is 6.18 Å². The third-order valence-corrected chi connectivity index (χ3v) is 3.87. The Kier molecular flexibility index (Phi) is 3.53. The van der Waals surface area contributed by atoms with Crippen molar-refractivity contribution in [1.82, 2.24) is 10.1 Å². The lowest BCUT2D eigenvalue weighted by atomic mass is 10.0. The van der Waals surface area contributed by atoms with Crippen molar-refractivity contribution < 1.29 is 17.7 Å². The lowest BCUT2D eigenvalue weighted by Gasteiger charge is -2.10. The summed E-state index contributed by atoms with van der Waals surface area (Å²) in [5.74, 6) is 0. The molecular weight excluding hydrogens is 329 g/mol. The van der Waals surface area contributed by atoms with E-state index >= 15 is 0 Å². The number of rotatable bonds is 2. The average molecular weight is 340 g/mol. The zero-order valence-electron chi connectivity index (χ0n) is 12.8. The molecule has 0 saturated carbocycles. The third kappa shape index (κ3) is 2.76. The Morgan fingerprint density at radius 2 is 1.40 bits per heavy atom. The van der Waals surface area contributed by atoms with Crippen LogP contribution in [0.15, 0.2) is 71.3 Å². The van der Waals surface area contributed by atoms with E-state index in [0.717, 1.165) is 6.07 Å². The normalized spacial score (nSPS) is 11.8. The van der Waals surface area contributed by atoms with Crippen LogP contribution in [-0.2, 0) is 6.18 Å². The van der Waals surface area contributed by atoms with E-state index in [4.69, 9.17) is 4.52 Å². The van der Waals surface area contributed by atoms with Crippen molar-refractivity contribution in [3.63, 3.8) is 0 Å². The smallest absolute Gasteiger partial charge is 0.335 e. The number of aromatic nitrogens is 2. The topological polar surface area (TPSA) is 38.9 Å². The van der Waals surface area contributed by atoms with Gasteiger partial charge in [-0.1, -0.05) is 65.8 Å². The zero-order valence-corrected chi connectivity index (χ0v) is 12.8. The highest BCUT2D eigenvalue weighted by molar-refractivity contribution is 5.94. The van der Waals surface area contributed by atoms with E-state index in [2.05, 4.69) is 10.1 Å². The summed E-state index contributed by atoms with van der Waals surface area (Å²) >= 11 is 0. The molecule has 3 nitrogen and oxygen atoms in total. The minimum atomic E-state index is -4.56. The zero-order chi connectivity index (χ0) is 17.4. The first-order valence-electron chi connectivity index (χ1n) is 7.52. The molecule has 6 heteroatoms. The summed E-state index contributed by atoms with van der Waals surface area (Å²) in [6, 6.07) is 18.3. The molecule has 0 bridgehead atoms. The third-order valence-electron chi connectivity index (χ3n) is 3.87. The summed E-state index contributed by atoms with van der Waals surface area (Å²) in [6.45, 7) is 0. The summed E-state index contributed by atoms with van der Waals surface area (Å²) in [5.41, 5.74) is 0.504. The molecule has 4 aromatic rings. The number of alkyl halides is 3. The van der Waals surface area contributed by atoms with Crippen LogP contribution in [0.5, 0.6) is 0 Å². The molecule has 2 aromatic heterocycles. The summed E-state index contributed by atoms with van der Waals surface area (Å²) < 4.78 is 46.2. The molecule has 0 N–H and O–H groups in total. The monoisotopic (exact) mass is 340 g/mol. The van der Waals surface area contributed by atoms with Gasteiger partial charge in [0.25, 0.3) is 5.71 Å². The molecule has 0 radical (unpaired) electrons. The Morgan fingerprint density at radius 3 is 2.00 bits per heavy atom. The van der Waals surface area contributed by atoms with Gasteiger partial charge in [0.05, 0.1) is 16.6 Å². The Balaban J connectivity index is 2.02. The Morgan fingerprint density at radius 1 is 0.800 bits per heavy atom. The van der Waals surface area contributed by atoms with E-state index in [0.29, 0.717) is 11.1 Å². The number of hydrogen-bond acceptors (Lipinski definition) is 3. The van der Waals surface area contributed by atoms with E-state index in [1.165, 1.54) is 0 Å². The van der Waals surface area contributed by atoms with Gasteiger partial charge in [-0.05, 0) is 6.07 Å². The van der Waals surface area contributed by atoms with Crippen molar-refractivity contribution in [3.05, 3.63) is 72.3 Å². The van der Waals surface area contributed by atoms with Crippen molar-refractivity contribution in [1.29, 1.82) is 0 Å². The first-order chi connectivity index (χ1) is 12.0. The summed E-state index contributed by atoms with van der Waals surface area (Å²) in [5, 5.41) is 3.71. The van der Waals surface area contributed by atoms with Crippen molar-refractivity contribution in [2.75, 3.05) is 0 Å². The van der Waals surface area contributed by atoms with Crippen LogP contribution in [0, 0.1) is 0 Å². The Hall–Kier alpha value is -3.15. The van der Waals surface area contributed by atoms with Crippen LogP contribution in [0.1, 0.15) is 5.56 Å². The number of benzene rings is 2. The molecule has 4 rings (SSSR count). The van der Waals surface area contributed by atoms with Gasteiger partial charge < -0.3 is 4.52 Å². The largest absolute Gasteiger partial charge is 0.417 e. The number of nitrogens with zero attached hydrogens (tertiary/aromatic N) is 2. The number of halogens is 3. The predicted octanol–water partition coefficient (Wildman–Crippen LogP) is 5.58. The summed E-state index contributed by atoms with van der Waals surface area (Å²) in [4.78, 5) is 4.24. The molecule has 0 unspecified atom stereocenters. The van der Waals surface area contributed by atoms with Crippen molar-refractivity contribution in [2.45, 2.75) is 6.18 Å². The van der Waals surface area contributed by atoms with E-state index in [1.807, 2.05) is 0 Å². The van der Waals surface area contributed by atoms with Crippen LogP contribution in [0.3, 0.4) is 0 Å². The summed E-state index contributed by atoms with van der Waals surface area (Å²) in [6.07, 6.45) is -4.56. The van der Waals surface area contributed by atoms with Gasteiger partial charge in [0.1, 0.15) is 5.69 Å². The van der Waals surface area contributed by atoms with Crippen LogP contribution in [0.4, 0.5) is 13.2 Å². The molecule has 0 aliphatic carbocycles. The minimum Gasteiger partial charge on any atom is -0.335 e. The second kappa shape index (κ2) is 5.73. The van der Waals surface area contributed by atoms with Crippen LogP contribution >= 0.6 is 0 Å². The molecule has 0 saturated heterocycles. The number of hydrogen-bond donors (Lipinski definition) is 0. The van der Waals surface area contributed by atoms with Crippen molar-refractivity contribution in [3.8, 4) is 22.5 Å². The fraction of sp³-hybridized carbons (Fsp3) is 0.0526. The lowest BCUT2D eigenvalue weighted by Crippen LogP contribution is -2.07. The molecule has 2 aromatic carbocycles. The standard InChI is InChI=1S/C19H11F3N2O/c20-19(21,22)14-11-15(12-7-3-1-4-8-12)23-18-16(14)17(24-25-18)13-9-5-2-6-10-13/h1-11H. The van der Waals surface area contributed by atoms with Crippen LogP contribution in [0.25, 0.3) is 33.6 Å². The van der Waals surface area contributed by atoms with E-state index in [-0.39, 0.29) is 22.5 Å². The number of fused-ring (bicyclic) bond motifs is 1. The van der Waals surface area contributed by atoms with Gasteiger partial charge in [-0.3, -0.25) is 0 Å². The second-order valence-corrected chi connectivity index (χ2v) is 5.50. The SMILES string of the molecule is FC(F)(F)c1cc(-c2ccccc2)nc2onc(-c3ccccc3)c12. The maximum absolute atomic E-state index is 13.7. The van der Waals surface area contributed by atoms with Gasteiger partial charge in [0, 0.05) is 11.1 Å². The molecule has 0 fully saturated rings. The van der Waals surface area contributed by atoms with E-state index < -0.39 is 11.7 Å². The molecule has 0 aliphatic heterocycles. The van der Waals surface area contributed by atoms with E-state index in [9.17, 15) is 13.2 Å². The molecule has 2 heterocycles. The van der Waals surface area contributed by atoms with Crippen LogP contribution < -0.4 is 0 Å². The Bertz CT molecular complexity index is 1030. The highest BCUT2D eigenvalue weighted by Gasteiger charge is 2.36. The molecule has 124 valence electrons. The van der Waals surface area contributed by atoms with Crippen molar-refractivity contribution in [2.24, 2.45) is 0 Å². The maximum atomic E-state index is 13.7. The first kappa shape index (κ1) is 15.4. The fourth-order valence-electron chi connectivity index (χ4n) is 2.72. The average Bonchev–Trinajstić information content (AvgIpc) is 3.05. The summed E-state index contributed by atoms with van der Waals surface area (Å²) in [7, 11) is 0. The number of pyridine rings is 1. The molecule has 0 spiro atoms. The maximum Gasteiger partial charge on any atom is 0.417 e. The van der Waals surface area contributed by atoms with Gasteiger partial charge in [0.2, 0.25) is 0 Å². The van der Waals surface area contributed by atoms with Gasteiger partial charge in [-0.15, -0.1) is 0 Å². The highest BCUT2D eigenvalue weighted by atomic mass is 19.4. The molecule has 0 atom stereocenters. The predicted molar refractivity (Wildman–Crippen MR) is 87.7 cm³/mol. The lowest BCUT2D eigenvalue weighted by molar-refractivity contribution is -0.136. The van der Waals surface area contributed by atoms with E-state index in [1.54, 1.807) is 60.7 Å². The fourth-order valence-corrected chi connectivity index (χ4v) is 2.72. The molecular formula is C19H11F3N2O. The Labute approximate surface area is 140 Å². The van der Waals surface area contributed by atoms with Gasteiger partial charge in [-0.2, -0.15) is 13.2 Å². The van der Waals surface area contributed by atoms with Crippen molar-refractivity contribution >= 4 is 11.1 Å². The van der Waals surface area contributed by atoms with Gasteiger partial charge in [0.15, 0.2) is 0 Å². The molecule has 25 heavy (non-hydrogen) atoms. The minimum absolute atomic E-state index is 0.126. The second-order valence-electron chi connectivity index (χ2n) is 5.50. The van der Waals surface area contributed by atoms with Gasteiger partial charge in [-0.25, -0.2) is 4.98 Å².